The van der Waals surface area contributed by atoms with Crippen molar-refractivity contribution in [3.63, 3.8) is 0 Å². The van der Waals surface area contributed by atoms with Crippen molar-refractivity contribution < 1.29 is 8.42 Å². The van der Waals surface area contributed by atoms with Crippen LogP contribution in [0.25, 0.3) is 10.9 Å². The van der Waals surface area contributed by atoms with Crippen molar-refractivity contribution in [2.75, 3.05) is 20.6 Å². The van der Waals surface area contributed by atoms with E-state index in [0.29, 0.717) is 12.0 Å². The number of hydrogen-bond donors (Lipinski definition) is 3. The average molecular weight is 334 g/mol. The normalized spacial score (nSPS) is 28.0. The minimum absolute atomic E-state index is 0.0746. The van der Waals surface area contributed by atoms with Gasteiger partial charge in [-0.1, -0.05) is 12.1 Å². The number of H-pyrrole nitrogens is 1. The predicted molar refractivity (Wildman–Crippen MR) is 90.7 cm³/mol. The smallest absolute Gasteiger partial charge is 0.276 e. The fourth-order valence-corrected chi connectivity index (χ4v) is 5.03. The third-order valence-corrected chi connectivity index (χ3v) is 6.50. The lowest BCUT2D eigenvalue weighted by molar-refractivity contribution is 0.135. The minimum Gasteiger partial charge on any atom is -0.361 e. The van der Waals surface area contributed by atoms with Crippen LogP contribution in [0.1, 0.15) is 23.5 Å². The highest BCUT2D eigenvalue weighted by atomic mass is 32.2. The van der Waals surface area contributed by atoms with Crippen molar-refractivity contribution in [1.29, 1.82) is 0 Å². The Bertz CT molecular complexity index is 845. The number of nitrogens with one attached hydrogen (secondary N) is 3. The Kier molecular flexibility index (Phi) is 3.49. The van der Waals surface area contributed by atoms with E-state index < -0.39 is 10.2 Å². The SMILES string of the molecule is CNS(=O)(=O)N[C@H]1CC2c3cccc4[nH]cc(c34)C[C@H]2N(C)C1. The Labute approximate surface area is 136 Å². The van der Waals surface area contributed by atoms with Gasteiger partial charge in [0.1, 0.15) is 0 Å². The van der Waals surface area contributed by atoms with Crippen molar-refractivity contribution in [2.45, 2.75) is 30.8 Å². The summed E-state index contributed by atoms with van der Waals surface area (Å²) in [5, 5.41) is 1.33. The topological polar surface area (TPSA) is 77.2 Å². The summed E-state index contributed by atoms with van der Waals surface area (Å²) in [6.45, 7) is 0.734. The first-order valence-corrected chi connectivity index (χ1v) is 9.46. The molecular weight excluding hydrogens is 312 g/mol. The molecule has 4 rings (SSSR count). The van der Waals surface area contributed by atoms with E-state index in [1.165, 1.54) is 29.1 Å². The lowest BCUT2D eigenvalue weighted by atomic mass is 9.74. The molecule has 2 heterocycles. The summed E-state index contributed by atoms with van der Waals surface area (Å²) >= 11 is 0. The first-order chi connectivity index (χ1) is 11.0. The summed E-state index contributed by atoms with van der Waals surface area (Å²) in [5.41, 5.74) is 3.89. The van der Waals surface area contributed by atoms with Crippen molar-refractivity contribution in [1.82, 2.24) is 19.3 Å². The second-order valence-corrected chi connectivity index (χ2v) is 8.31. The molecular formula is C16H22N4O2S. The number of aromatic nitrogens is 1. The molecule has 0 bridgehead atoms. The highest BCUT2D eigenvalue weighted by Gasteiger charge is 2.40. The zero-order valence-corrected chi connectivity index (χ0v) is 14.2. The molecule has 0 spiro atoms. The first-order valence-electron chi connectivity index (χ1n) is 7.98. The third kappa shape index (κ3) is 2.48. The summed E-state index contributed by atoms with van der Waals surface area (Å²) in [5.74, 6) is 0.352. The Morgan fingerprint density at radius 1 is 1.35 bits per heavy atom. The van der Waals surface area contributed by atoms with Gasteiger partial charge >= 0.3 is 0 Å². The van der Waals surface area contributed by atoms with Crippen LogP contribution in [0.3, 0.4) is 0 Å². The van der Waals surface area contributed by atoms with Gasteiger partial charge in [0.2, 0.25) is 0 Å². The van der Waals surface area contributed by atoms with E-state index in [0.717, 1.165) is 19.4 Å². The quantitative estimate of drug-likeness (QED) is 0.782. The van der Waals surface area contributed by atoms with Gasteiger partial charge in [0.15, 0.2) is 0 Å². The lowest BCUT2D eigenvalue weighted by Crippen LogP contribution is -2.55. The molecule has 2 aromatic rings. The molecule has 1 aromatic heterocycles. The highest BCUT2D eigenvalue weighted by Crippen LogP contribution is 2.42. The second-order valence-electron chi connectivity index (χ2n) is 6.66. The largest absolute Gasteiger partial charge is 0.361 e. The van der Waals surface area contributed by atoms with Crippen LogP contribution < -0.4 is 9.44 Å². The molecule has 23 heavy (non-hydrogen) atoms. The Morgan fingerprint density at radius 3 is 2.96 bits per heavy atom. The van der Waals surface area contributed by atoms with Gasteiger partial charge in [0.05, 0.1) is 0 Å². The molecule has 1 aromatic carbocycles. The van der Waals surface area contributed by atoms with Crippen LogP contribution in [-0.4, -0.2) is 51.0 Å². The number of fused-ring (bicyclic) bond motifs is 2. The third-order valence-electron chi connectivity index (χ3n) is 5.32. The van der Waals surface area contributed by atoms with Crippen LogP contribution in [0.2, 0.25) is 0 Å². The van der Waals surface area contributed by atoms with Gasteiger partial charge in [-0.3, -0.25) is 0 Å². The molecule has 0 saturated carbocycles. The lowest BCUT2D eigenvalue weighted by Gasteiger charge is -2.45. The molecule has 124 valence electrons. The molecule has 0 radical (unpaired) electrons. The van der Waals surface area contributed by atoms with Crippen LogP contribution in [-0.2, 0) is 16.6 Å². The molecule has 2 aliphatic rings. The Morgan fingerprint density at radius 2 is 2.17 bits per heavy atom. The molecule has 3 N–H and O–H groups in total. The van der Waals surface area contributed by atoms with E-state index in [9.17, 15) is 8.42 Å². The number of likely N-dealkylation sites (tertiary alicyclic amines) is 1. The van der Waals surface area contributed by atoms with E-state index in [1.54, 1.807) is 0 Å². The van der Waals surface area contributed by atoms with Crippen molar-refractivity contribution in [3.05, 3.63) is 35.5 Å². The van der Waals surface area contributed by atoms with Crippen LogP contribution in [0.5, 0.6) is 0 Å². The van der Waals surface area contributed by atoms with Crippen LogP contribution in [0.15, 0.2) is 24.4 Å². The summed E-state index contributed by atoms with van der Waals surface area (Å²) in [6.07, 6.45) is 3.97. The number of benzene rings is 1. The van der Waals surface area contributed by atoms with E-state index in [2.05, 4.69) is 50.8 Å². The Balaban J connectivity index is 1.71. The average Bonchev–Trinajstić information content (AvgIpc) is 2.93. The maximum absolute atomic E-state index is 11.8. The minimum atomic E-state index is -3.41. The van der Waals surface area contributed by atoms with Gasteiger partial charge in [-0.05, 0) is 37.1 Å². The number of hydrogen-bond acceptors (Lipinski definition) is 3. The maximum atomic E-state index is 11.8. The van der Waals surface area contributed by atoms with Crippen molar-refractivity contribution >= 4 is 21.1 Å². The molecule has 1 aliphatic heterocycles. The van der Waals surface area contributed by atoms with Crippen molar-refractivity contribution in [2.24, 2.45) is 0 Å². The summed E-state index contributed by atoms with van der Waals surface area (Å²) in [7, 11) is 0.113. The summed E-state index contributed by atoms with van der Waals surface area (Å²) in [4.78, 5) is 5.66. The Hall–Kier alpha value is -1.41. The van der Waals surface area contributed by atoms with E-state index in [4.69, 9.17) is 0 Å². The second kappa shape index (κ2) is 5.31. The first kappa shape index (κ1) is 15.1. The zero-order valence-electron chi connectivity index (χ0n) is 13.3. The highest BCUT2D eigenvalue weighted by molar-refractivity contribution is 7.87. The monoisotopic (exact) mass is 334 g/mol. The predicted octanol–water partition coefficient (Wildman–Crippen LogP) is 0.934. The number of piperidine rings is 1. The fourth-order valence-electron chi connectivity index (χ4n) is 4.31. The summed E-state index contributed by atoms with van der Waals surface area (Å²) in [6, 6.07) is 6.74. The maximum Gasteiger partial charge on any atom is 0.276 e. The van der Waals surface area contributed by atoms with E-state index in [-0.39, 0.29) is 6.04 Å². The number of aromatic amines is 1. The van der Waals surface area contributed by atoms with Gasteiger partial charge in [-0.15, -0.1) is 0 Å². The van der Waals surface area contributed by atoms with Gasteiger partial charge in [-0.25, -0.2) is 4.72 Å². The molecule has 1 fully saturated rings. The summed E-state index contributed by atoms with van der Waals surface area (Å²) < 4.78 is 28.8. The van der Waals surface area contributed by atoms with Crippen LogP contribution in [0, 0.1) is 0 Å². The molecule has 3 atom stereocenters. The van der Waals surface area contributed by atoms with Crippen LogP contribution >= 0.6 is 0 Å². The fraction of sp³-hybridized carbons (Fsp3) is 0.500. The number of likely N-dealkylation sites (N-methyl/N-ethyl adjacent to an activating group) is 1. The van der Waals surface area contributed by atoms with Crippen LogP contribution in [0.4, 0.5) is 0 Å². The van der Waals surface area contributed by atoms with Gasteiger partial charge in [0, 0.05) is 48.7 Å². The van der Waals surface area contributed by atoms with Gasteiger partial charge in [-0.2, -0.15) is 13.1 Å². The molecule has 6 nitrogen and oxygen atoms in total. The van der Waals surface area contributed by atoms with Gasteiger partial charge in [0.25, 0.3) is 10.2 Å². The number of nitrogens with zero attached hydrogens (tertiary/aromatic N) is 1. The molecule has 1 aliphatic carbocycles. The van der Waals surface area contributed by atoms with Crippen molar-refractivity contribution in [3.8, 4) is 0 Å². The van der Waals surface area contributed by atoms with E-state index in [1.807, 2.05) is 0 Å². The standard InChI is InChI=1S/C16H22N4O2S/c1-17-23(21,22)19-11-7-13-12-4-3-5-14-16(12)10(8-18-14)6-15(13)20(2)9-11/h3-5,8,11,13,15,17-19H,6-7,9H2,1-2H3/t11-,13?,15+/m0/s1. The molecule has 1 unspecified atom stereocenters. The molecule has 7 heteroatoms. The zero-order chi connectivity index (χ0) is 16.2. The van der Waals surface area contributed by atoms with Gasteiger partial charge < -0.3 is 9.88 Å². The van der Waals surface area contributed by atoms with E-state index >= 15 is 0 Å². The number of rotatable bonds is 3. The molecule has 1 saturated heterocycles. The molecule has 0 amide bonds.